The zero-order chi connectivity index (χ0) is 55.9. The Bertz CT molecular complexity index is 1790. The van der Waals surface area contributed by atoms with Crippen LogP contribution in [0, 0.1) is 11.8 Å². The minimum absolute atomic E-state index is 0.0437. The van der Waals surface area contributed by atoms with E-state index in [2.05, 4.69) is 16.0 Å². The largest absolute Gasteiger partial charge is 0.394 e. The molecule has 0 aromatic carbocycles. The van der Waals surface area contributed by atoms with Gasteiger partial charge in [-0.05, 0) is 25.7 Å². The normalized spacial score (nSPS) is 31.1. The summed E-state index contributed by atoms with van der Waals surface area (Å²) in [7, 11) is 0. The molecule has 0 unspecified atom stereocenters. The van der Waals surface area contributed by atoms with E-state index in [0.717, 1.165) is 0 Å². The van der Waals surface area contributed by atoms with Crippen molar-refractivity contribution < 1.29 is 123 Å². The SMILES string of the molecule is CCC(=O)CCCCC(=O)C[C@@H](C)C(=O)N[C@@H](CCC(=O)NCCO[C@H]1O[C@H](CO)[C@@H](O)[C@H](O)[C@@H]1O)C(=O)C[C@@H](CC(=O)CCCO[C@H]1O[C@H](CO)[C@@H](O)[C@H](O)[C@@H]1O)C(=O)NCCO[C@H]1O[C@H](CO)[C@@H](O)[C@H](O)[C@@H]1O. The van der Waals surface area contributed by atoms with Crippen LogP contribution in [0.5, 0.6) is 0 Å². The maximum atomic E-state index is 14.2. The van der Waals surface area contributed by atoms with Crippen LogP contribution in [-0.4, -0.2) is 253 Å². The summed E-state index contributed by atoms with van der Waals surface area (Å²) < 4.78 is 32.2. The third kappa shape index (κ3) is 20.9. The molecule has 18 atom stereocenters. The summed E-state index contributed by atoms with van der Waals surface area (Å²) in [6.07, 6.45) is -24.5. The highest BCUT2D eigenvalue weighted by Gasteiger charge is 2.46. The fourth-order valence-electron chi connectivity index (χ4n) is 8.31. The molecule has 28 heteroatoms. The van der Waals surface area contributed by atoms with Crippen LogP contribution < -0.4 is 16.0 Å². The van der Waals surface area contributed by atoms with E-state index in [-0.39, 0.29) is 70.0 Å². The number of carbonyl (C=O) groups is 7. The lowest BCUT2D eigenvalue weighted by Crippen LogP contribution is -2.59. The Labute approximate surface area is 433 Å². The van der Waals surface area contributed by atoms with Crippen LogP contribution in [0.2, 0.25) is 0 Å². The van der Waals surface area contributed by atoms with Crippen molar-refractivity contribution >= 4 is 40.9 Å². The van der Waals surface area contributed by atoms with Gasteiger partial charge in [-0.1, -0.05) is 13.8 Å². The van der Waals surface area contributed by atoms with Gasteiger partial charge in [0, 0.05) is 70.4 Å². The molecule has 3 fully saturated rings. The van der Waals surface area contributed by atoms with E-state index >= 15 is 0 Å². The lowest BCUT2D eigenvalue weighted by Gasteiger charge is -2.39. The number of amides is 3. The summed E-state index contributed by atoms with van der Waals surface area (Å²) in [5.74, 6) is -6.31. The summed E-state index contributed by atoms with van der Waals surface area (Å²) in [4.78, 5) is 92.6. The van der Waals surface area contributed by atoms with Gasteiger partial charge in [-0.15, -0.1) is 0 Å². The van der Waals surface area contributed by atoms with Crippen LogP contribution in [0.25, 0.3) is 0 Å². The average Bonchev–Trinajstić information content (AvgIpc) is 3.39. The van der Waals surface area contributed by atoms with Crippen molar-refractivity contribution in [1.82, 2.24) is 16.0 Å². The zero-order valence-corrected chi connectivity index (χ0v) is 42.2. The number of ketones is 4. The maximum Gasteiger partial charge on any atom is 0.224 e. The van der Waals surface area contributed by atoms with Crippen LogP contribution in [0.4, 0.5) is 0 Å². The number of unbranched alkanes of at least 4 members (excludes halogenated alkanes) is 1. The Morgan fingerprint density at radius 2 is 0.920 bits per heavy atom. The highest BCUT2D eigenvalue weighted by atomic mass is 16.7. The van der Waals surface area contributed by atoms with E-state index in [1.807, 2.05) is 0 Å². The molecule has 3 rings (SSSR count). The maximum absolute atomic E-state index is 14.2. The monoisotopic (exact) mass is 1090 g/mol. The van der Waals surface area contributed by atoms with Crippen LogP contribution in [0.1, 0.15) is 90.9 Å². The fourth-order valence-corrected chi connectivity index (χ4v) is 8.31. The first-order valence-corrected chi connectivity index (χ1v) is 25.3. The van der Waals surface area contributed by atoms with Gasteiger partial charge in [0.25, 0.3) is 0 Å². The lowest BCUT2D eigenvalue weighted by atomic mass is 9.90. The fraction of sp³-hybridized carbons (Fsp3) is 0.851. The van der Waals surface area contributed by atoms with Gasteiger partial charge < -0.3 is 106 Å². The Balaban J connectivity index is 1.74. The highest BCUT2D eigenvalue weighted by molar-refractivity contribution is 5.95. The summed E-state index contributed by atoms with van der Waals surface area (Å²) in [5.41, 5.74) is 0. The molecule has 0 aromatic heterocycles. The minimum Gasteiger partial charge on any atom is -0.394 e. The Morgan fingerprint density at radius 3 is 1.39 bits per heavy atom. The number of ether oxygens (including phenoxy) is 6. The Morgan fingerprint density at radius 1 is 0.493 bits per heavy atom. The van der Waals surface area contributed by atoms with E-state index in [0.29, 0.717) is 25.7 Å². The van der Waals surface area contributed by atoms with Gasteiger partial charge in [0.15, 0.2) is 24.7 Å². The number of aliphatic hydroxyl groups excluding tert-OH is 12. The lowest BCUT2D eigenvalue weighted by molar-refractivity contribution is -0.301. The third-order valence-electron chi connectivity index (χ3n) is 13.0. The first-order valence-electron chi connectivity index (χ1n) is 25.3. The summed E-state index contributed by atoms with van der Waals surface area (Å²) in [6, 6.07) is -1.47. The molecule has 3 saturated heterocycles. The van der Waals surface area contributed by atoms with Crippen molar-refractivity contribution in [1.29, 1.82) is 0 Å². The van der Waals surface area contributed by atoms with Gasteiger partial charge >= 0.3 is 0 Å². The molecular weight excluding hydrogens is 1010 g/mol. The first-order chi connectivity index (χ1) is 35.6. The zero-order valence-electron chi connectivity index (χ0n) is 42.2. The van der Waals surface area contributed by atoms with Crippen molar-refractivity contribution in [2.24, 2.45) is 11.8 Å². The molecule has 0 spiro atoms. The number of hydrogen-bond acceptors (Lipinski definition) is 25. The van der Waals surface area contributed by atoms with Crippen molar-refractivity contribution in [2.45, 2.75) is 189 Å². The average molecular weight is 1090 g/mol. The molecular formula is C47H79N3O25. The van der Waals surface area contributed by atoms with E-state index < -0.39 is 185 Å². The van der Waals surface area contributed by atoms with Gasteiger partial charge in [-0.3, -0.25) is 33.6 Å². The standard InChI is InChI=1S/C47H79N3O25/c1-3-25(54)7-4-5-8-26(55)17-23(2)43(68)50-28(10-11-33(58)48-12-15-71-46-41(66)38(63)35(60)31(21-52)74-46)29(57)19-24(44(69)49-13-16-72-47-42(67)39(64)36(61)32(22-53)75-47)18-27(56)9-6-14-70-45-40(65)37(62)34(59)30(20-51)73-45/h23-24,28,30-32,34-42,45-47,51-53,59-67H,3-22H2,1-2H3,(H,48,58)(H,49,69)(H,50,68)/t23-,24-,28+,30-,31-,32-,34-,35-,36-,37+,38+,39+,40+,41+,42+,45+,46+,47+/m1/s1. The van der Waals surface area contributed by atoms with Crippen molar-refractivity contribution in [3.05, 3.63) is 0 Å². The number of nitrogens with one attached hydrogen (secondary N) is 3. The van der Waals surface area contributed by atoms with Crippen molar-refractivity contribution in [3.8, 4) is 0 Å². The third-order valence-corrected chi connectivity index (χ3v) is 13.0. The topological polar surface area (TPSA) is 454 Å². The number of hydrogen-bond donors (Lipinski definition) is 15. The molecule has 15 N–H and O–H groups in total. The van der Waals surface area contributed by atoms with Crippen LogP contribution in [0.3, 0.4) is 0 Å². The molecule has 3 aliphatic rings. The molecule has 0 aromatic rings. The van der Waals surface area contributed by atoms with Gasteiger partial charge in [0.2, 0.25) is 17.7 Å². The quantitative estimate of drug-likeness (QED) is 0.0262. The van der Waals surface area contributed by atoms with Crippen LogP contribution in [0.15, 0.2) is 0 Å². The predicted octanol–water partition coefficient (Wildman–Crippen LogP) is -6.62. The van der Waals surface area contributed by atoms with Gasteiger partial charge in [-0.2, -0.15) is 0 Å². The summed E-state index contributed by atoms with van der Waals surface area (Å²) in [5, 5.41) is 127. The molecule has 3 amide bonds. The molecule has 0 radical (unpaired) electrons. The van der Waals surface area contributed by atoms with E-state index in [1.165, 1.54) is 6.92 Å². The number of rotatable bonds is 35. The number of aliphatic hydroxyl groups is 12. The molecule has 3 aliphatic heterocycles. The van der Waals surface area contributed by atoms with Gasteiger partial charge in [0.05, 0.1) is 51.6 Å². The smallest absolute Gasteiger partial charge is 0.224 e. The Kier molecular flexibility index (Phi) is 29.4. The predicted molar refractivity (Wildman–Crippen MR) is 251 cm³/mol. The van der Waals surface area contributed by atoms with E-state index in [1.54, 1.807) is 6.92 Å². The summed E-state index contributed by atoms with van der Waals surface area (Å²) >= 11 is 0. The molecule has 0 saturated carbocycles. The van der Waals surface area contributed by atoms with Gasteiger partial charge in [-0.25, -0.2) is 0 Å². The second-order valence-corrected chi connectivity index (χ2v) is 18.9. The highest BCUT2D eigenvalue weighted by Crippen LogP contribution is 2.25. The van der Waals surface area contributed by atoms with Crippen LogP contribution in [-0.2, 0) is 62.0 Å². The van der Waals surface area contributed by atoms with Gasteiger partial charge in [0.1, 0.15) is 90.6 Å². The molecule has 28 nitrogen and oxygen atoms in total. The van der Waals surface area contributed by atoms with Crippen LogP contribution >= 0.6 is 0 Å². The first kappa shape index (κ1) is 65.7. The second kappa shape index (κ2) is 33.6. The second-order valence-electron chi connectivity index (χ2n) is 18.9. The molecule has 0 aliphatic carbocycles. The minimum atomic E-state index is -1.76. The van der Waals surface area contributed by atoms with E-state index in [4.69, 9.17) is 28.4 Å². The van der Waals surface area contributed by atoms with Crippen molar-refractivity contribution in [3.63, 3.8) is 0 Å². The molecule has 0 bridgehead atoms. The Hall–Kier alpha value is -3.63. The van der Waals surface area contributed by atoms with E-state index in [9.17, 15) is 94.8 Å². The molecule has 3 heterocycles. The van der Waals surface area contributed by atoms with Crippen molar-refractivity contribution in [2.75, 3.05) is 52.7 Å². The molecule has 432 valence electrons. The summed E-state index contributed by atoms with van der Waals surface area (Å²) in [6.45, 7) is -0.461. The molecule has 75 heavy (non-hydrogen) atoms. The number of Topliss-reactive ketones (excluding diaryl/α,β-unsaturated/α-hetero) is 4. The number of carbonyl (C=O) groups excluding carboxylic acids is 7.